The Morgan fingerprint density at radius 1 is 1.35 bits per heavy atom. The van der Waals surface area contributed by atoms with E-state index in [-0.39, 0.29) is 0 Å². The first-order valence-electron chi connectivity index (χ1n) is 9.47. The average molecular weight is 363 g/mol. The summed E-state index contributed by atoms with van der Waals surface area (Å²) in [5.41, 5.74) is 3.78. The molecule has 0 radical (unpaired) electrons. The molecule has 6 nitrogen and oxygen atoms in total. The van der Waals surface area contributed by atoms with Crippen molar-refractivity contribution in [2.24, 2.45) is 10.9 Å². The van der Waals surface area contributed by atoms with Gasteiger partial charge in [-0.05, 0) is 43.0 Å². The number of aliphatic imine (C=N–C) groups is 1. The first-order chi connectivity index (χ1) is 12.6. The van der Waals surface area contributed by atoms with Crippen LogP contribution in [0.5, 0.6) is 0 Å². The molecule has 1 atom stereocenters. The fourth-order valence-corrected chi connectivity index (χ4v) is 2.90. The summed E-state index contributed by atoms with van der Waals surface area (Å²) in [6.07, 6.45) is 2.09. The van der Waals surface area contributed by atoms with Crippen molar-refractivity contribution in [1.29, 1.82) is 0 Å². The molecule has 0 spiro atoms. The number of benzene rings is 1. The van der Waals surface area contributed by atoms with E-state index in [0.29, 0.717) is 5.92 Å². The largest absolute Gasteiger partial charge is 0.381 e. The molecule has 1 aliphatic heterocycles. The van der Waals surface area contributed by atoms with Crippen LogP contribution in [0.2, 0.25) is 0 Å². The summed E-state index contributed by atoms with van der Waals surface area (Å²) in [4.78, 5) is 6.41. The van der Waals surface area contributed by atoms with Gasteiger partial charge in [-0.15, -0.1) is 0 Å². The van der Waals surface area contributed by atoms with E-state index in [4.69, 9.17) is 9.47 Å². The lowest BCUT2D eigenvalue weighted by molar-refractivity contribution is 0.0888. The lowest BCUT2D eigenvalue weighted by Crippen LogP contribution is -2.37. The number of anilines is 1. The predicted molar refractivity (Wildman–Crippen MR) is 108 cm³/mol. The Hall–Kier alpha value is -1.79. The number of ether oxygens (including phenoxy) is 2. The summed E-state index contributed by atoms with van der Waals surface area (Å²) >= 11 is 0. The Morgan fingerprint density at radius 2 is 2.19 bits per heavy atom. The molecule has 1 saturated heterocycles. The van der Waals surface area contributed by atoms with Gasteiger partial charge in [0.2, 0.25) is 0 Å². The summed E-state index contributed by atoms with van der Waals surface area (Å²) in [7, 11) is 5.92. The SMILES string of the molecule is CN=C(NCCCOCC1CCOC1)NCc1ccc(N(C)C)cc1C. The van der Waals surface area contributed by atoms with Crippen LogP contribution in [-0.2, 0) is 16.0 Å². The molecule has 1 aromatic rings. The average Bonchev–Trinajstić information content (AvgIpc) is 3.14. The van der Waals surface area contributed by atoms with Crippen molar-refractivity contribution < 1.29 is 9.47 Å². The van der Waals surface area contributed by atoms with Gasteiger partial charge in [0.05, 0.1) is 13.2 Å². The molecule has 6 heteroatoms. The second-order valence-electron chi connectivity index (χ2n) is 7.02. The normalized spacial score (nSPS) is 17.4. The number of hydrogen-bond donors (Lipinski definition) is 2. The summed E-state index contributed by atoms with van der Waals surface area (Å²) < 4.78 is 11.1. The highest BCUT2D eigenvalue weighted by molar-refractivity contribution is 5.79. The molecule has 2 rings (SSSR count). The van der Waals surface area contributed by atoms with Crippen LogP contribution in [0.1, 0.15) is 24.0 Å². The van der Waals surface area contributed by atoms with Crippen LogP contribution in [0.15, 0.2) is 23.2 Å². The molecule has 2 N–H and O–H groups in total. The third kappa shape index (κ3) is 6.84. The summed E-state index contributed by atoms with van der Waals surface area (Å²) in [5.74, 6) is 1.41. The van der Waals surface area contributed by atoms with Gasteiger partial charge < -0.3 is 25.0 Å². The highest BCUT2D eigenvalue weighted by Gasteiger charge is 2.15. The molecule has 0 aromatic heterocycles. The highest BCUT2D eigenvalue weighted by Crippen LogP contribution is 2.17. The molecule has 1 fully saturated rings. The molecule has 0 bridgehead atoms. The standard InChI is InChI=1S/C20H34N4O2/c1-16-12-19(24(3)4)7-6-18(16)13-23-20(21-2)22-9-5-10-25-14-17-8-11-26-15-17/h6-7,12,17H,5,8-11,13-15H2,1-4H3,(H2,21,22,23). The van der Waals surface area contributed by atoms with Crippen LogP contribution in [0.4, 0.5) is 5.69 Å². The molecule has 1 heterocycles. The van der Waals surface area contributed by atoms with Crippen molar-refractivity contribution in [2.45, 2.75) is 26.3 Å². The van der Waals surface area contributed by atoms with E-state index >= 15 is 0 Å². The Kier molecular flexibility index (Phi) is 8.71. The lowest BCUT2D eigenvalue weighted by atomic mass is 10.1. The molecule has 1 aromatic carbocycles. The number of guanidine groups is 1. The zero-order chi connectivity index (χ0) is 18.8. The molecular formula is C20H34N4O2. The number of aryl methyl sites for hydroxylation is 1. The minimum atomic E-state index is 0.583. The van der Waals surface area contributed by atoms with Crippen molar-refractivity contribution in [3.8, 4) is 0 Å². The summed E-state index contributed by atoms with van der Waals surface area (Å²) in [6, 6.07) is 6.53. The fourth-order valence-electron chi connectivity index (χ4n) is 2.90. The molecular weight excluding hydrogens is 328 g/mol. The Morgan fingerprint density at radius 3 is 2.85 bits per heavy atom. The first kappa shape index (κ1) is 20.5. The van der Waals surface area contributed by atoms with Gasteiger partial charge >= 0.3 is 0 Å². The Bertz CT molecular complexity index is 569. The number of nitrogens with zero attached hydrogens (tertiary/aromatic N) is 2. The minimum absolute atomic E-state index is 0.583. The molecule has 146 valence electrons. The van der Waals surface area contributed by atoms with Crippen molar-refractivity contribution in [1.82, 2.24) is 10.6 Å². The lowest BCUT2D eigenvalue weighted by Gasteiger charge is -2.16. The van der Waals surface area contributed by atoms with Gasteiger partial charge in [0.15, 0.2) is 5.96 Å². The molecule has 0 aliphatic carbocycles. The molecule has 0 saturated carbocycles. The van der Waals surface area contributed by atoms with Crippen LogP contribution in [0.3, 0.4) is 0 Å². The zero-order valence-corrected chi connectivity index (χ0v) is 16.7. The monoisotopic (exact) mass is 362 g/mol. The third-order valence-corrected chi connectivity index (χ3v) is 4.65. The Labute approximate surface area is 158 Å². The summed E-state index contributed by atoms with van der Waals surface area (Å²) in [5, 5.41) is 6.72. The molecule has 1 unspecified atom stereocenters. The van der Waals surface area contributed by atoms with Gasteiger partial charge in [0.25, 0.3) is 0 Å². The van der Waals surface area contributed by atoms with Gasteiger partial charge in [-0.3, -0.25) is 4.99 Å². The minimum Gasteiger partial charge on any atom is -0.381 e. The quantitative estimate of drug-likeness (QED) is 0.401. The van der Waals surface area contributed by atoms with Crippen molar-refractivity contribution in [2.75, 3.05) is 59.0 Å². The maximum absolute atomic E-state index is 5.72. The van der Waals surface area contributed by atoms with Gasteiger partial charge in [-0.2, -0.15) is 0 Å². The van der Waals surface area contributed by atoms with Gasteiger partial charge in [-0.25, -0.2) is 0 Å². The predicted octanol–water partition coefficient (Wildman–Crippen LogP) is 2.17. The zero-order valence-electron chi connectivity index (χ0n) is 16.7. The highest BCUT2D eigenvalue weighted by atomic mass is 16.5. The fraction of sp³-hybridized carbons (Fsp3) is 0.650. The van der Waals surface area contributed by atoms with E-state index in [1.165, 1.54) is 16.8 Å². The molecule has 1 aliphatic rings. The third-order valence-electron chi connectivity index (χ3n) is 4.65. The molecule has 26 heavy (non-hydrogen) atoms. The topological polar surface area (TPSA) is 58.1 Å². The van der Waals surface area contributed by atoms with E-state index in [2.05, 4.69) is 59.7 Å². The van der Waals surface area contributed by atoms with E-state index in [1.807, 2.05) is 0 Å². The summed E-state index contributed by atoms with van der Waals surface area (Å²) in [6.45, 7) is 7.07. The van der Waals surface area contributed by atoms with E-state index in [0.717, 1.165) is 58.3 Å². The second kappa shape index (κ2) is 11.0. The number of nitrogens with one attached hydrogen (secondary N) is 2. The van der Waals surface area contributed by atoms with Gasteiger partial charge in [0.1, 0.15) is 0 Å². The maximum atomic E-state index is 5.72. The van der Waals surface area contributed by atoms with E-state index < -0.39 is 0 Å². The molecule has 0 amide bonds. The van der Waals surface area contributed by atoms with Crippen LogP contribution in [0.25, 0.3) is 0 Å². The van der Waals surface area contributed by atoms with Crippen molar-refractivity contribution in [3.05, 3.63) is 29.3 Å². The number of rotatable bonds is 9. The van der Waals surface area contributed by atoms with Crippen LogP contribution in [0, 0.1) is 12.8 Å². The number of hydrogen-bond acceptors (Lipinski definition) is 4. The van der Waals surface area contributed by atoms with E-state index in [1.54, 1.807) is 7.05 Å². The maximum Gasteiger partial charge on any atom is 0.191 e. The van der Waals surface area contributed by atoms with Crippen molar-refractivity contribution >= 4 is 11.6 Å². The first-order valence-corrected chi connectivity index (χ1v) is 9.47. The van der Waals surface area contributed by atoms with Crippen molar-refractivity contribution in [3.63, 3.8) is 0 Å². The van der Waals surface area contributed by atoms with Gasteiger partial charge in [-0.1, -0.05) is 6.07 Å². The second-order valence-corrected chi connectivity index (χ2v) is 7.02. The van der Waals surface area contributed by atoms with Crippen LogP contribution < -0.4 is 15.5 Å². The Balaban J connectivity index is 1.63. The van der Waals surface area contributed by atoms with Gasteiger partial charge in [0, 0.05) is 59.1 Å². The van der Waals surface area contributed by atoms with E-state index in [9.17, 15) is 0 Å². The smallest absolute Gasteiger partial charge is 0.191 e. The van der Waals surface area contributed by atoms with Crippen LogP contribution >= 0.6 is 0 Å². The van der Waals surface area contributed by atoms with Crippen LogP contribution in [-0.4, -0.2) is 60.1 Å².